The van der Waals surface area contributed by atoms with Crippen molar-refractivity contribution in [3.05, 3.63) is 66.7 Å². The summed E-state index contributed by atoms with van der Waals surface area (Å²) in [7, 11) is 0. The Morgan fingerprint density at radius 3 is 2.42 bits per heavy atom. The van der Waals surface area contributed by atoms with Crippen molar-refractivity contribution in [1.82, 2.24) is 19.2 Å². The van der Waals surface area contributed by atoms with E-state index >= 15 is 0 Å². The van der Waals surface area contributed by atoms with Crippen molar-refractivity contribution in [1.29, 1.82) is 0 Å². The van der Waals surface area contributed by atoms with Gasteiger partial charge < -0.3 is 9.14 Å². The Morgan fingerprint density at radius 1 is 1.03 bits per heavy atom. The summed E-state index contributed by atoms with van der Waals surface area (Å²) in [5, 5.41) is 4.78. The third kappa shape index (κ3) is 5.08. The van der Waals surface area contributed by atoms with Gasteiger partial charge in [0.25, 0.3) is 0 Å². The maximum atomic E-state index is 13.7. The molecular weight excluding hydrogens is 478 g/mol. The van der Waals surface area contributed by atoms with E-state index < -0.39 is 5.97 Å². The van der Waals surface area contributed by atoms with Gasteiger partial charge in [-0.2, -0.15) is 0 Å². The van der Waals surface area contributed by atoms with Crippen LogP contribution in [0, 0.1) is 11.8 Å². The van der Waals surface area contributed by atoms with E-state index in [2.05, 4.69) is 11.9 Å². The smallest absolute Gasteiger partial charge is 0.343 e. The first-order chi connectivity index (χ1) is 18.4. The molecule has 0 N–H and O–H groups in total. The number of anilines is 1. The number of carbonyl (C=O) groups excluding carboxylic acids is 2. The normalized spacial score (nSPS) is 17.6. The maximum absolute atomic E-state index is 13.7. The minimum absolute atomic E-state index is 0.0351. The number of benzene rings is 1. The molecule has 0 saturated heterocycles. The predicted octanol–water partition coefficient (Wildman–Crippen LogP) is 5.93. The van der Waals surface area contributed by atoms with Crippen LogP contribution in [0.1, 0.15) is 63.7 Å². The molecule has 0 aliphatic heterocycles. The lowest BCUT2D eigenvalue weighted by Crippen LogP contribution is -2.43. The fourth-order valence-corrected chi connectivity index (χ4v) is 5.23. The molecule has 0 atom stereocenters. The summed E-state index contributed by atoms with van der Waals surface area (Å²) in [5.74, 6) is 0.506. The number of fused-ring (bicyclic) bond motifs is 1. The fourth-order valence-electron chi connectivity index (χ4n) is 5.23. The molecule has 3 heterocycles. The summed E-state index contributed by atoms with van der Waals surface area (Å²) in [6.45, 7) is 8.18. The van der Waals surface area contributed by atoms with E-state index in [1.165, 1.54) is 0 Å². The number of rotatable bonds is 7. The highest BCUT2D eigenvalue weighted by Gasteiger charge is 2.34. The number of esters is 1. The van der Waals surface area contributed by atoms with Gasteiger partial charge in [-0.25, -0.2) is 14.5 Å². The van der Waals surface area contributed by atoms with Crippen LogP contribution in [0.15, 0.2) is 61.2 Å². The molecule has 1 amide bonds. The summed E-state index contributed by atoms with van der Waals surface area (Å²) in [6.07, 6.45) is 11.2. The highest BCUT2D eigenvalue weighted by atomic mass is 16.5. The highest BCUT2D eigenvalue weighted by Crippen LogP contribution is 2.33. The third-order valence-electron chi connectivity index (χ3n) is 7.39. The van der Waals surface area contributed by atoms with E-state index in [0.717, 1.165) is 48.1 Å². The zero-order valence-electron chi connectivity index (χ0n) is 22.5. The highest BCUT2D eigenvalue weighted by molar-refractivity contribution is 6.02. The minimum Gasteiger partial charge on any atom is -0.462 e. The lowest BCUT2D eigenvalue weighted by Gasteiger charge is -2.32. The summed E-state index contributed by atoms with van der Waals surface area (Å²) in [5.41, 5.74) is 4.10. The third-order valence-corrected chi connectivity index (χ3v) is 7.39. The van der Waals surface area contributed by atoms with Crippen LogP contribution in [0.3, 0.4) is 0 Å². The number of amides is 1. The van der Waals surface area contributed by atoms with Gasteiger partial charge in [0, 0.05) is 36.7 Å². The Balaban J connectivity index is 1.48. The summed E-state index contributed by atoms with van der Waals surface area (Å²) in [4.78, 5) is 32.7. The average molecular weight is 514 g/mol. The molecule has 38 heavy (non-hydrogen) atoms. The van der Waals surface area contributed by atoms with Gasteiger partial charge in [-0.1, -0.05) is 19.1 Å². The molecule has 1 fully saturated rings. The van der Waals surface area contributed by atoms with Crippen LogP contribution in [0.2, 0.25) is 0 Å². The Hall–Kier alpha value is -3.94. The summed E-state index contributed by atoms with van der Waals surface area (Å²) < 4.78 is 9.00. The summed E-state index contributed by atoms with van der Waals surface area (Å²) >= 11 is 0. The Morgan fingerprint density at radius 2 is 1.74 bits per heavy atom. The van der Waals surface area contributed by atoms with Crippen molar-refractivity contribution in [3.8, 4) is 16.8 Å². The lowest BCUT2D eigenvalue weighted by atomic mass is 9.82. The first-order valence-electron chi connectivity index (χ1n) is 13.5. The first-order valence-corrected chi connectivity index (χ1v) is 13.5. The van der Waals surface area contributed by atoms with Gasteiger partial charge in [0.1, 0.15) is 11.2 Å². The van der Waals surface area contributed by atoms with E-state index in [1.54, 1.807) is 28.9 Å². The quantitative estimate of drug-likeness (QED) is 0.286. The van der Waals surface area contributed by atoms with Crippen LogP contribution >= 0.6 is 0 Å². The van der Waals surface area contributed by atoms with Gasteiger partial charge >= 0.3 is 5.97 Å². The van der Waals surface area contributed by atoms with Crippen LogP contribution in [-0.4, -0.2) is 43.7 Å². The van der Waals surface area contributed by atoms with E-state index in [9.17, 15) is 9.59 Å². The van der Waals surface area contributed by atoms with Crippen LogP contribution in [0.5, 0.6) is 0 Å². The molecule has 1 aromatic carbocycles. The topological polar surface area (TPSA) is 81.7 Å². The Kier molecular flexibility index (Phi) is 7.31. The van der Waals surface area contributed by atoms with Crippen LogP contribution < -0.4 is 4.90 Å². The predicted molar refractivity (Wildman–Crippen MR) is 147 cm³/mol. The zero-order chi connectivity index (χ0) is 26.8. The molecule has 198 valence electrons. The number of pyridine rings is 1. The molecule has 5 rings (SSSR count). The molecule has 3 aromatic heterocycles. The second-order valence-electron chi connectivity index (χ2n) is 10.4. The van der Waals surface area contributed by atoms with Crippen molar-refractivity contribution in [2.45, 2.75) is 59.4 Å². The van der Waals surface area contributed by atoms with Gasteiger partial charge in [0.2, 0.25) is 5.91 Å². The Labute approximate surface area is 223 Å². The van der Waals surface area contributed by atoms with Gasteiger partial charge in [-0.15, -0.1) is 5.10 Å². The molecule has 0 radical (unpaired) electrons. The van der Waals surface area contributed by atoms with Crippen LogP contribution in [0.25, 0.3) is 22.5 Å². The van der Waals surface area contributed by atoms with E-state index in [0.29, 0.717) is 17.3 Å². The molecular formula is C30H35N5O3. The number of imidazole rings is 1. The molecule has 1 aliphatic rings. The van der Waals surface area contributed by atoms with Crippen molar-refractivity contribution < 1.29 is 14.3 Å². The lowest BCUT2D eigenvalue weighted by molar-refractivity contribution is -0.124. The average Bonchev–Trinajstić information content (AvgIpc) is 3.56. The van der Waals surface area contributed by atoms with Crippen LogP contribution in [-0.2, 0) is 9.53 Å². The van der Waals surface area contributed by atoms with E-state index in [4.69, 9.17) is 9.84 Å². The van der Waals surface area contributed by atoms with Crippen molar-refractivity contribution in [2.24, 2.45) is 11.8 Å². The molecule has 4 aromatic rings. The van der Waals surface area contributed by atoms with E-state index in [-0.39, 0.29) is 24.5 Å². The Bertz CT molecular complexity index is 1430. The van der Waals surface area contributed by atoms with Crippen molar-refractivity contribution >= 4 is 23.3 Å². The second kappa shape index (κ2) is 10.8. The van der Waals surface area contributed by atoms with E-state index in [1.807, 2.05) is 67.0 Å². The zero-order valence-corrected chi connectivity index (χ0v) is 22.5. The molecule has 1 aliphatic carbocycles. The molecule has 0 unspecified atom stereocenters. The molecule has 8 heteroatoms. The fraction of sp³-hybridized carbons (Fsp3) is 0.400. The van der Waals surface area contributed by atoms with Gasteiger partial charge in [-0.05, 0) is 87.8 Å². The molecule has 8 nitrogen and oxygen atoms in total. The van der Waals surface area contributed by atoms with Crippen LogP contribution in [0.4, 0.5) is 5.82 Å². The SMILES string of the molecule is CCOC(=O)c1cn(-c2ccc(-c3ccc4nccn4c3)cc2)nc1N(C(=O)C1CCC(C)CC1)C(C)C. The monoisotopic (exact) mass is 513 g/mol. The van der Waals surface area contributed by atoms with Crippen molar-refractivity contribution in [3.63, 3.8) is 0 Å². The number of aromatic nitrogens is 4. The molecule has 0 bridgehead atoms. The number of carbonyl (C=O) groups is 2. The van der Waals surface area contributed by atoms with Gasteiger partial charge in [-0.3, -0.25) is 9.69 Å². The number of ether oxygens (including phenoxy) is 1. The first kappa shape index (κ1) is 25.7. The number of nitrogens with zero attached hydrogens (tertiary/aromatic N) is 5. The largest absolute Gasteiger partial charge is 0.462 e. The molecule has 1 saturated carbocycles. The number of hydrogen-bond donors (Lipinski definition) is 0. The summed E-state index contributed by atoms with van der Waals surface area (Å²) in [6, 6.07) is 11.8. The molecule has 0 spiro atoms. The minimum atomic E-state index is -0.477. The number of hydrogen-bond acceptors (Lipinski definition) is 5. The van der Waals surface area contributed by atoms with Gasteiger partial charge in [0.05, 0.1) is 12.3 Å². The standard InChI is InChI=1S/C30H35N5O3/c1-5-38-30(37)26-19-34(32-28(26)35(20(2)3)29(36)23-8-6-21(4)7-9-23)25-13-10-22(11-14-25)24-12-15-27-31-16-17-33(27)18-24/h10-21,23H,5-9H2,1-4H3. The van der Waals surface area contributed by atoms with Crippen molar-refractivity contribution in [2.75, 3.05) is 11.5 Å². The maximum Gasteiger partial charge on any atom is 0.343 e. The second-order valence-corrected chi connectivity index (χ2v) is 10.4. The van der Waals surface area contributed by atoms with Gasteiger partial charge in [0.15, 0.2) is 5.82 Å².